The van der Waals surface area contributed by atoms with Crippen molar-refractivity contribution in [2.45, 2.75) is 25.1 Å². The number of fused-ring (bicyclic) bond motifs is 1. The van der Waals surface area contributed by atoms with Gasteiger partial charge in [-0.1, -0.05) is 18.2 Å². The van der Waals surface area contributed by atoms with E-state index in [4.69, 9.17) is 9.47 Å². The van der Waals surface area contributed by atoms with Crippen molar-refractivity contribution in [1.29, 1.82) is 0 Å². The SMILES string of the molecule is COc1ccc(/C=C2/SC3C=CC(C(=O)NC(C)C)=CC3=NC2=O)cc1OC. The first-order valence-electron chi connectivity index (χ1n) is 8.85. The van der Waals surface area contributed by atoms with Gasteiger partial charge in [0.05, 0.1) is 30.1 Å². The summed E-state index contributed by atoms with van der Waals surface area (Å²) in [6, 6.07) is 5.50. The van der Waals surface area contributed by atoms with Gasteiger partial charge in [0.1, 0.15) is 0 Å². The van der Waals surface area contributed by atoms with Gasteiger partial charge in [0.25, 0.3) is 11.8 Å². The number of hydrogen-bond donors (Lipinski definition) is 1. The van der Waals surface area contributed by atoms with Gasteiger partial charge < -0.3 is 14.8 Å². The van der Waals surface area contributed by atoms with E-state index < -0.39 is 0 Å². The number of carbonyl (C=O) groups is 2. The molecule has 2 amide bonds. The molecule has 3 rings (SSSR count). The molecule has 0 bridgehead atoms. The lowest BCUT2D eigenvalue weighted by molar-refractivity contribution is -0.117. The van der Waals surface area contributed by atoms with Crippen molar-refractivity contribution in [3.63, 3.8) is 0 Å². The molecule has 1 aliphatic carbocycles. The molecular formula is C21H22N2O4S. The van der Waals surface area contributed by atoms with E-state index in [1.807, 2.05) is 32.1 Å². The maximum atomic E-state index is 12.5. The summed E-state index contributed by atoms with van der Waals surface area (Å²) in [7, 11) is 3.14. The summed E-state index contributed by atoms with van der Waals surface area (Å²) in [6.07, 6.45) is 7.14. The molecule has 1 atom stereocenters. The molecule has 6 nitrogen and oxygen atoms in total. The molecule has 0 fully saturated rings. The molecule has 1 aromatic carbocycles. The number of rotatable bonds is 5. The van der Waals surface area contributed by atoms with Gasteiger partial charge in [0, 0.05) is 11.6 Å². The Bertz CT molecular complexity index is 928. The fourth-order valence-corrected chi connectivity index (χ4v) is 3.83. The zero-order valence-corrected chi connectivity index (χ0v) is 17.0. The Morgan fingerprint density at radius 2 is 2.00 bits per heavy atom. The van der Waals surface area contributed by atoms with Crippen molar-refractivity contribution < 1.29 is 19.1 Å². The van der Waals surface area contributed by atoms with E-state index in [-0.39, 0.29) is 23.1 Å². The summed E-state index contributed by atoms with van der Waals surface area (Å²) >= 11 is 1.42. The lowest BCUT2D eigenvalue weighted by atomic mass is 10.0. The molecular weight excluding hydrogens is 376 g/mol. The van der Waals surface area contributed by atoms with Gasteiger partial charge in [-0.3, -0.25) is 9.59 Å². The molecule has 28 heavy (non-hydrogen) atoms. The molecule has 0 saturated carbocycles. The smallest absolute Gasteiger partial charge is 0.283 e. The molecule has 0 spiro atoms. The average Bonchev–Trinajstić information content (AvgIpc) is 2.67. The Hall–Kier alpha value is -2.80. The number of carbonyl (C=O) groups excluding carboxylic acids is 2. The van der Waals surface area contributed by atoms with E-state index in [9.17, 15) is 9.59 Å². The van der Waals surface area contributed by atoms with Gasteiger partial charge in [-0.2, -0.15) is 0 Å². The van der Waals surface area contributed by atoms with Crippen LogP contribution in [0.2, 0.25) is 0 Å². The number of hydrogen-bond acceptors (Lipinski definition) is 5. The van der Waals surface area contributed by atoms with Crippen molar-refractivity contribution in [2.24, 2.45) is 4.99 Å². The van der Waals surface area contributed by atoms with Gasteiger partial charge >= 0.3 is 0 Å². The van der Waals surface area contributed by atoms with Crippen LogP contribution in [0, 0.1) is 0 Å². The third-order valence-corrected chi connectivity index (χ3v) is 5.33. The minimum Gasteiger partial charge on any atom is -0.493 e. The average molecular weight is 398 g/mol. The normalized spacial score (nSPS) is 19.8. The summed E-state index contributed by atoms with van der Waals surface area (Å²) in [4.78, 5) is 29.4. The number of thioether (sulfide) groups is 1. The number of nitrogens with one attached hydrogen (secondary N) is 1. The molecule has 0 radical (unpaired) electrons. The largest absolute Gasteiger partial charge is 0.493 e. The minimum absolute atomic E-state index is 0.0415. The predicted octanol–water partition coefficient (Wildman–Crippen LogP) is 3.15. The number of ether oxygens (including phenoxy) is 2. The van der Waals surface area contributed by atoms with E-state index in [1.54, 1.807) is 38.5 Å². The van der Waals surface area contributed by atoms with E-state index in [0.717, 1.165) is 5.56 Å². The minimum atomic E-state index is -0.318. The molecule has 0 saturated heterocycles. The molecule has 1 aromatic rings. The lowest BCUT2D eigenvalue weighted by Crippen LogP contribution is -2.33. The van der Waals surface area contributed by atoms with Gasteiger partial charge in [-0.25, -0.2) is 4.99 Å². The van der Waals surface area contributed by atoms with Crippen LogP contribution in [0.3, 0.4) is 0 Å². The molecule has 146 valence electrons. The highest BCUT2D eigenvalue weighted by Gasteiger charge is 2.28. The quantitative estimate of drug-likeness (QED) is 0.771. The molecule has 1 aliphatic heterocycles. The fourth-order valence-electron chi connectivity index (χ4n) is 2.81. The summed E-state index contributed by atoms with van der Waals surface area (Å²) < 4.78 is 10.5. The first-order chi connectivity index (χ1) is 13.4. The van der Waals surface area contributed by atoms with E-state index in [2.05, 4.69) is 10.3 Å². The molecule has 1 unspecified atom stereocenters. The highest BCUT2D eigenvalue weighted by atomic mass is 32.2. The maximum absolute atomic E-state index is 12.5. The van der Waals surface area contributed by atoms with Crippen molar-refractivity contribution in [3.05, 3.63) is 52.5 Å². The second kappa shape index (κ2) is 8.48. The molecule has 0 aromatic heterocycles. The van der Waals surface area contributed by atoms with Crippen LogP contribution in [0.4, 0.5) is 0 Å². The lowest BCUT2D eigenvalue weighted by Gasteiger charge is -2.22. The van der Waals surface area contributed by atoms with E-state index in [1.165, 1.54) is 11.8 Å². The van der Waals surface area contributed by atoms with E-state index in [0.29, 0.717) is 27.7 Å². The predicted molar refractivity (Wildman–Crippen MR) is 112 cm³/mol. The van der Waals surface area contributed by atoms with Gasteiger partial charge in [0.2, 0.25) is 0 Å². The molecule has 2 aliphatic rings. The zero-order chi connectivity index (χ0) is 20.3. The highest BCUT2D eigenvalue weighted by Crippen LogP contribution is 2.35. The van der Waals surface area contributed by atoms with Crippen LogP contribution in [-0.4, -0.2) is 43.0 Å². The van der Waals surface area contributed by atoms with Crippen molar-refractivity contribution in [2.75, 3.05) is 14.2 Å². The monoisotopic (exact) mass is 398 g/mol. The van der Waals surface area contributed by atoms with Crippen LogP contribution >= 0.6 is 11.8 Å². The third kappa shape index (κ3) is 4.36. The van der Waals surface area contributed by atoms with Gasteiger partial charge in [0.15, 0.2) is 11.5 Å². The first-order valence-corrected chi connectivity index (χ1v) is 9.73. The zero-order valence-electron chi connectivity index (χ0n) is 16.2. The molecule has 1 N–H and O–H groups in total. The third-order valence-electron chi connectivity index (χ3n) is 4.13. The summed E-state index contributed by atoms with van der Waals surface area (Å²) in [5, 5.41) is 2.74. The summed E-state index contributed by atoms with van der Waals surface area (Å²) in [6.45, 7) is 3.80. The number of nitrogens with zero attached hydrogens (tertiary/aromatic N) is 1. The standard InChI is InChI=1S/C21H22N2O4S/c1-12(2)22-20(24)14-6-8-18-15(11-14)23-21(25)19(28-18)10-13-5-7-16(26-3)17(9-13)27-4/h5-12,18H,1-4H3,(H,22,24)/b19-10+. The Kier molecular flexibility index (Phi) is 6.04. The Balaban J connectivity index is 1.84. The Morgan fingerprint density at radius 1 is 1.25 bits per heavy atom. The molecule has 7 heteroatoms. The van der Waals surface area contributed by atoms with Crippen LogP contribution in [0.25, 0.3) is 6.08 Å². The highest BCUT2D eigenvalue weighted by molar-refractivity contribution is 8.05. The number of allylic oxidation sites excluding steroid dienone is 1. The number of aliphatic imine (C=N–C) groups is 1. The molecule has 1 heterocycles. The fraction of sp³-hybridized carbons (Fsp3) is 0.286. The van der Waals surface area contributed by atoms with Crippen LogP contribution in [0.5, 0.6) is 11.5 Å². The topological polar surface area (TPSA) is 77.0 Å². The van der Waals surface area contributed by atoms with Crippen molar-refractivity contribution >= 4 is 35.4 Å². The Morgan fingerprint density at radius 3 is 2.68 bits per heavy atom. The van der Waals surface area contributed by atoms with Crippen LogP contribution in [-0.2, 0) is 9.59 Å². The Labute approximate surface area is 168 Å². The van der Waals surface area contributed by atoms with Crippen molar-refractivity contribution in [3.8, 4) is 11.5 Å². The van der Waals surface area contributed by atoms with Crippen LogP contribution in [0.1, 0.15) is 19.4 Å². The van der Waals surface area contributed by atoms with Crippen LogP contribution in [0.15, 0.2) is 51.9 Å². The van der Waals surface area contributed by atoms with Crippen molar-refractivity contribution in [1.82, 2.24) is 5.32 Å². The van der Waals surface area contributed by atoms with Gasteiger partial charge in [-0.15, -0.1) is 11.8 Å². The van der Waals surface area contributed by atoms with Crippen LogP contribution < -0.4 is 14.8 Å². The summed E-state index contributed by atoms with van der Waals surface area (Å²) in [5.41, 5.74) is 1.92. The number of methoxy groups -OCH3 is 2. The second-order valence-corrected chi connectivity index (χ2v) is 7.77. The summed E-state index contributed by atoms with van der Waals surface area (Å²) in [5.74, 6) is 0.730. The number of benzene rings is 1. The first kappa shape index (κ1) is 19.9. The maximum Gasteiger partial charge on any atom is 0.283 e. The number of amides is 2. The van der Waals surface area contributed by atoms with E-state index >= 15 is 0 Å². The second-order valence-electron chi connectivity index (χ2n) is 6.59. The van der Waals surface area contributed by atoms with Gasteiger partial charge in [-0.05, 0) is 43.7 Å².